The molecule has 3 rings (SSSR count). The van der Waals surface area contributed by atoms with Gasteiger partial charge < -0.3 is 19.5 Å². The van der Waals surface area contributed by atoms with E-state index in [-0.39, 0.29) is 24.3 Å². The summed E-state index contributed by atoms with van der Waals surface area (Å²) in [5, 5.41) is 3.32. The zero-order valence-electron chi connectivity index (χ0n) is 10.3. The van der Waals surface area contributed by atoms with Crippen LogP contribution in [0.3, 0.4) is 0 Å². The topological polar surface area (TPSA) is 39.7 Å². The molecular weight excluding hydrogens is 237 g/mol. The van der Waals surface area contributed by atoms with E-state index >= 15 is 0 Å². The third-order valence-electron chi connectivity index (χ3n) is 3.51. The average molecular weight is 253 g/mol. The van der Waals surface area contributed by atoms with Gasteiger partial charge in [0, 0.05) is 24.1 Å². The average Bonchev–Trinajstić information content (AvgIpc) is 2.85. The van der Waals surface area contributed by atoms with Gasteiger partial charge >= 0.3 is 0 Å². The second-order valence-electron chi connectivity index (χ2n) is 4.58. The van der Waals surface area contributed by atoms with E-state index in [1.54, 1.807) is 0 Å². The van der Waals surface area contributed by atoms with Crippen molar-refractivity contribution in [2.45, 2.75) is 18.8 Å². The molecule has 2 heterocycles. The van der Waals surface area contributed by atoms with Crippen LogP contribution < -0.4 is 19.5 Å². The maximum atomic E-state index is 14.0. The van der Waals surface area contributed by atoms with Crippen molar-refractivity contribution >= 4 is 0 Å². The fourth-order valence-corrected chi connectivity index (χ4v) is 2.70. The van der Waals surface area contributed by atoms with E-state index in [4.69, 9.17) is 14.2 Å². The Bertz CT molecular complexity index is 454. The van der Waals surface area contributed by atoms with E-state index in [1.807, 2.05) is 0 Å². The van der Waals surface area contributed by atoms with Crippen LogP contribution in [0.4, 0.5) is 4.39 Å². The van der Waals surface area contributed by atoms with Gasteiger partial charge in [-0.25, -0.2) is 4.39 Å². The number of methoxy groups -OCH3 is 1. The monoisotopic (exact) mass is 253 g/mol. The molecule has 1 saturated heterocycles. The summed E-state index contributed by atoms with van der Waals surface area (Å²) in [4.78, 5) is 0. The SMILES string of the molecule is COc1c(F)cc2c(c1C1CCCNC1)OCO2. The highest BCUT2D eigenvalue weighted by Crippen LogP contribution is 2.47. The van der Waals surface area contributed by atoms with Gasteiger partial charge in [0.1, 0.15) is 0 Å². The summed E-state index contributed by atoms with van der Waals surface area (Å²) in [7, 11) is 1.49. The minimum Gasteiger partial charge on any atom is -0.493 e. The summed E-state index contributed by atoms with van der Waals surface area (Å²) in [6, 6.07) is 1.33. The smallest absolute Gasteiger partial charge is 0.231 e. The van der Waals surface area contributed by atoms with Crippen LogP contribution in [0.15, 0.2) is 6.07 Å². The lowest BCUT2D eigenvalue weighted by Crippen LogP contribution is -2.28. The molecule has 0 bridgehead atoms. The first kappa shape index (κ1) is 11.6. The van der Waals surface area contributed by atoms with Gasteiger partial charge in [0.15, 0.2) is 23.1 Å². The van der Waals surface area contributed by atoms with Crippen LogP contribution in [0.25, 0.3) is 0 Å². The molecule has 0 spiro atoms. The van der Waals surface area contributed by atoms with Gasteiger partial charge in [-0.05, 0) is 19.4 Å². The summed E-state index contributed by atoms with van der Waals surface area (Å²) in [6.45, 7) is 1.97. The van der Waals surface area contributed by atoms with E-state index in [1.165, 1.54) is 13.2 Å². The van der Waals surface area contributed by atoms with Crippen LogP contribution in [0.5, 0.6) is 17.2 Å². The Kier molecular flexibility index (Phi) is 2.99. The van der Waals surface area contributed by atoms with Crippen LogP contribution in [0, 0.1) is 5.82 Å². The van der Waals surface area contributed by atoms with Gasteiger partial charge in [0.05, 0.1) is 7.11 Å². The number of piperidine rings is 1. The first-order chi connectivity index (χ1) is 8.81. The van der Waals surface area contributed by atoms with E-state index in [2.05, 4.69) is 5.32 Å². The molecule has 1 unspecified atom stereocenters. The van der Waals surface area contributed by atoms with Crippen molar-refractivity contribution < 1.29 is 18.6 Å². The fourth-order valence-electron chi connectivity index (χ4n) is 2.70. The molecule has 5 heteroatoms. The Morgan fingerprint density at radius 1 is 1.44 bits per heavy atom. The summed E-state index contributed by atoms with van der Waals surface area (Å²) in [5.41, 5.74) is 0.803. The van der Waals surface area contributed by atoms with E-state index in [0.29, 0.717) is 11.5 Å². The van der Waals surface area contributed by atoms with Crippen molar-refractivity contribution in [2.75, 3.05) is 27.0 Å². The van der Waals surface area contributed by atoms with Crippen LogP contribution in [-0.4, -0.2) is 27.0 Å². The molecule has 0 radical (unpaired) electrons. The Labute approximate surface area is 105 Å². The van der Waals surface area contributed by atoms with Gasteiger partial charge in [0.25, 0.3) is 0 Å². The number of hydrogen-bond donors (Lipinski definition) is 1. The number of nitrogens with one attached hydrogen (secondary N) is 1. The number of fused-ring (bicyclic) bond motifs is 1. The van der Waals surface area contributed by atoms with Crippen molar-refractivity contribution in [3.63, 3.8) is 0 Å². The number of halogens is 1. The molecule has 1 atom stereocenters. The first-order valence-corrected chi connectivity index (χ1v) is 6.18. The quantitative estimate of drug-likeness (QED) is 0.875. The van der Waals surface area contributed by atoms with Crippen LogP contribution in [0.1, 0.15) is 24.3 Å². The largest absolute Gasteiger partial charge is 0.493 e. The maximum Gasteiger partial charge on any atom is 0.231 e. The van der Waals surface area contributed by atoms with Gasteiger partial charge in [-0.3, -0.25) is 0 Å². The zero-order chi connectivity index (χ0) is 12.5. The van der Waals surface area contributed by atoms with Crippen LogP contribution in [-0.2, 0) is 0 Å². The lowest BCUT2D eigenvalue weighted by molar-refractivity contribution is 0.172. The Morgan fingerprint density at radius 3 is 3.06 bits per heavy atom. The highest BCUT2D eigenvalue weighted by Gasteiger charge is 2.31. The van der Waals surface area contributed by atoms with Crippen molar-refractivity contribution in [1.82, 2.24) is 5.32 Å². The zero-order valence-corrected chi connectivity index (χ0v) is 10.3. The minimum absolute atomic E-state index is 0.148. The maximum absolute atomic E-state index is 14.0. The lowest BCUT2D eigenvalue weighted by atomic mass is 9.90. The van der Waals surface area contributed by atoms with Gasteiger partial charge in [0.2, 0.25) is 6.79 Å². The number of hydrogen-bond acceptors (Lipinski definition) is 4. The van der Waals surface area contributed by atoms with Crippen LogP contribution in [0.2, 0.25) is 0 Å². The van der Waals surface area contributed by atoms with Crippen molar-refractivity contribution in [1.29, 1.82) is 0 Å². The molecule has 98 valence electrons. The Balaban J connectivity index is 2.09. The third-order valence-corrected chi connectivity index (χ3v) is 3.51. The molecule has 0 amide bonds. The molecule has 2 aliphatic heterocycles. The molecule has 1 fully saturated rings. The second-order valence-corrected chi connectivity index (χ2v) is 4.58. The van der Waals surface area contributed by atoms with E-state index in [0.717, 1.165) is 31.5 Å². The third kappa shape index (κ3) is 1.79. The van der Waals surface area contributed by atoms with E-state index < -0.39 is 0 Å². The van der Waals surface area contributed by atoms with Gasteiger partial charge in [-0.15, -0.1) is 0 Å². The van der Waals surface area contributed by atoms with Gasteiger partial charge in [-0.1, -0.05) is 0 Å². The Morgan fingerprint density at radius 2 is 2.33 bits per heavy atom. The predicted molar refractivity (Wildman–Crippen MR) is 63.9 cm³/mol. The summed E-state index contributed by atoms with van der Waals surface area (Å²) < 4.78 is 30.0. The highest BCUT2D eigenvalue weighted by molar-refractivity contribution is 5.57. The van der Waals surface area contributed by atoms with Crippen molar-refractivity contribution in [2.24, 2.45) is 0 Å². The minimum atomic E-state index is -0.387. The summed E-state index contributed by atoms with van der Waals surface area (Å²) >= 11 is 0. The second kappa shape index (κ2) is 4.65. The molecule has 0 saturated carbocycles. The van der Waals surface area contributed by atoms with Crippen molar-refractivity contribution in [3.8, 4) is 17.2 Å². The van der Waals surface area contributed by atoms with E-state index in [9.17, 15) is 4.39 Å². The molecule has 1 aromatic rings. The molecule has 2 aliphatic rings. The molecule has 0 aliphatic carbocycles. The molecular formula is C13H16FNO3. The molecule has 0 aromatic heterocycles. The van der Waals surface area contributed by atoms with Crippen LogP contribution >= 0.6 is 0 Å². The van der Waals surface area contributed by atoms with Gasteiger partial charge in [-0.2, -0.15) is 0 Å². The number of benzene rings is 1. The molecule has 1 aromatic carbocycles. The standard InChI is InChI=1S/C13H16FNO3/c1-16-12-9(14)5-10-13(18-7-17-10)11(12)8-3-2-4-15-6-8/h5,8,15H,2-4,6-7H2,1H3. The predicted octanol–water partition coefficient (Wildman–Crippen LogP) is 2.03. The first-order valence-electron chi connectivity index (χ1n) is 6.18. The fraction of sp³-hybridized carbons (Fsp3) is 0.538. The Hall–Kier alpha value is -1.49. The van der Waals surface area contributed by atoms with Crippen molar-refractivity contribution in [3.05, 3.63) is 17.4 Å². The molecule has 4 nitrogen and oxygen atoms in total. The number of ether oxygens (including phenoxy) is 3. The number of rotatable bonds is 2. The normalized spacial score (nSPS) is 22.0. The summed E-state index contributed by atoms with van der Waals surface area (Å²) in [5.74, 6) is 1.23. The lowest BCUT2D eigenvalue weighted by Gasteiger charge is -2.25. The molecule has 18 heavy (non-hydrogen) atoms. The summed E-state index contributed by atoms with van der Waals surface area (Å²) in [6.07, 6.45) is 2.07. The molecule has 1 N–H and O–H groups in total. The highest BCUT2D eigenvalue weighted by atomic mass is 19.1.